The van der Waals surface area contributed by atoms with Crippen LogP contribution in [0.3, 0.4) is 0 Å². The fraction of sp³-hybridized carbons (Fsp3) is 0.350. The molecule has 0 aliphatic heterocycles. The number of nitrogens with two attached hydrogens (primary N) is 1. The van der Waals surface area contributed by atoms with Gasteiger partial charge in [-0.25, -0.2) is 0 Å². The molecule has 0 aliphatic carbocycles. The number of rotatable bonds is 8. The Morgan fingerprint density at radius 3 is 2.54 bits per heavy atom. The van der Waals surface area contributed by atoms with Gasteiger partial charge in [0.25, 0.3) is 5.91 Å². The van der Waals surface area contributed by atoms with E-state index in [0.29, 0.717) is 17.9 Å². The van der Waals surface area contributed by atoms with Gasteiger partial charge in [-0.2, -0.15) is 0 Å². The number of aryl methyl sites for hydroxylation is 1. The van der Waals surface area contributed by atoms with E-state index in [-0.39, 0.29) is 5.91 Å². The number of nitrogens with one attached hydrogen (secondary N) is 1. The smallest absolute Gasteiger partial charge is 0.255 e. The lowest BCUT2D eigenvalue weighted by Crippen LogP contribution is -2.13. The van der Waals surface area contributed by atoms with Crippen LogP contribution in [0, 0.1) is 6.92 Å². The summed E-state index contributed by atoms with van der Waals surface area (Å²) >= 11 is 0. The summed E-state index contributed by atoms with van der Waals surface area (Å²) in [5.74, 6) is 0.640. The van der Waals surface area contributed by atoms with Crippen molar-refractivity contribution < 1.29 is 9.53 Å². The van der Waals surface area contributed by atoms with Crippen LogP contribution in [0.5, 0.6) is 5.75 Å². The van der Waals surface area contributed by atoms with Gasteiger partial charge in [0, 0.05) is 16.9 Å². The number of ether oxygens (including phenoxy) is 1. The Kier molecular flexibility index (Phi) is 6.67. The first kappa shape index (κ1) is 17.9. The van der Waals surface area contributed by atoms with Gasteiger partial charge in [-0.1, -0.05) is 32.3 Å². The van der Waals surface area contributed by atoms with Crippen molar-refractivity contribution in [1.29, 1.82) is 0 Å². The number of benzene rings is 2. The van der Waals surface area contributed by atoms with Gasteiger partial charge in [0.1, 0.15) is 5.75 Å². The molecule has 0 aliphatic rings. The third-order valence-electron chi connectivity index (χ3n) is 3.89. The normalized spacial score (nSPS) is 10.4. The molecule has 0 atom stereocenters. The quantitative estimate of drug-likeness (QED) is 0.541. The lowest BCUT2D eigenvalue weighted by molar-refractivity contribution is 0.102. The molecule has 24 heavy (non-hydrogen) atoms. The van der Waals surface area contributed by atoms with Gasteiger partial charge in [-0.05, 0) is 55.3 Å². The van der Waals surface area contributed by atoms with Gasteiger partial charge >= 0.3 is 0 Å². The Balaban J connectivity index is 1.90. The van der Waals surface area contributed by atoms with Crippen molar-refractivity contribution in [1.82, 2.24) is 0 Å². The number of nitrogen functional groups attached to an aromatic ring is 1. The molecule has 0 saturated carbocycles. The maximum atomic E-state index is 12.3. The second-order valence-electron chi connectivity index (χ2n) is 5.96. The standard InChI is InChI=1S/C20H26N2O2/c1-3-4-5-6-13-24-18-11-8-16(9-12-18)20(23)22-19-14-17(21)10-7-15(19)2/h7-12,14H,3-6,13,21H2,1-2H3,(H,22,23). The van der Waals surface area contributed by atoms with Crippen LogP contribution in [0.15, 0.2) is 42.5 Å². The van der Waals surface area contributed by atoms with Crippen LogP contribution in [-0.2, 0) is 0 Å². The largest absolute Gasteiger partial charge is 0.494 e. The molecule has 4 heteroatoms. The summed E-state index contributed by atoms with van der Waals surface area (Å²) in [7, 11) is 0. The first-order chi connectivity index (χ1) is 11.6. The number of hydrogen-bond acceptors (Lipinski definition) is 3. The topological polar surface area (TPSA) is 64.3 Å². The Bertz CT molecular complexity index is 666. The maximum Gasteiger partial charge on any atom is 0.255 e. The highest BCUT2D eigenvalue weighted by molar-refractivity contribution is 6.04. The molecule has 0 aromatic heterocycles. The highest BCUT2D eigenvalue weighted by Crippen LogP contribution is 2.20. The summed E-state index contributed by atoms with van der Waals surface area (Å²) in [5, 5.41) is 2.89. The van der Waals surface area contributed by atoms with Crippen molar-refractivity contribution in [2.24, 2.45) is 0 Å². The van der Waals surface area contributed by atoms with Crippen LogP contribution in [0.1, 0.15) is 48.5 Å². The summed E-state index contributed by atoms with van der Waals surface area (Å²) in [4.78, 5) is 12.3. The molecule has 0 fully saturated rings. The van der Waals surface area contributed by atoms with E-state index in [1.807, 2.05) is 31.2 Å². The highest BCUT2D eigenvalue weighted by Gasteiger charge is 2.08. The summed E-state index contributed by atoms with van der Waals surface area (Å²) in [6, 6.07) is 12.7. The molecule has 2 aromatic rings. The molecule has 0 bridgehead atoms. The predicted molar refractivity (Wildman–Crippen MR) is 99.6 cm³/mol. The van der Waals surface area contributed by atoms with Gasteiger partial charge in [0.2, 0.25) is 0 Å². The van der Waals surface area contributed by atoms with Crippen molar-refractivity contribution in [3.05, 3.63) is 53.6 Å². The average Bonchev–Trinajstić information content (AvgIpc) is 2.58. The van der Waals surface area contributed by atoms with Crippen LogP contribution < -0.4 is 15.8 Å². The van der Waals surface area contributed by atoms with Crippen LogP contribution >= 0.6 is 0 Å². The van der Waals surface area contributed by atoms with Crippen LogP contribution in [0.25, 0.3) is 0 Å². The summed E-state index contributed by atoms with van der Waals surface area (Å²) in [5.41, 5.74) is 8.70. The van der Waals surface area contributed by atoms with Gasteiger partial charge < -0.3 is 15.8 Å². The number of amides is 1. The maximum absolute atomic E-state index is 12.3. The second kappa shape index (κ2) is 8.96. The molecule has 0 saturated heterocycles. The molecule has 0 unspecified atom stereocenters. The third kappa shape index (κ3) is 5.30. The first-order valence-electron chi connectivity index (χ1n) is 8.50. The fourth-order valence-corrected chi connectivity index (χ4v) is 2.39. The van der Waals surface area contributed by atoms with Crippen molar-refractivity contribution in [3.8, 4) is 5.75 Å². The zero-order valence-corrected chi connectivity index (χ0v) is 14.5. The SMILES string of the molecule is CCCCCCOc1ccc(C(=O)Nc2cc(N)ccc2C)cc1. The molecule has 0 radical (unpaired) electrons. The van der Waals surface area contributed by atoms with E-state index in [1.54, 1.807) is 18.2 Å². The molecule has 128 valence electrons. The fourth-order valence-electron chi connectivity index (χ4n) is 2.39. The minimum Gasteiger partial charge on any atom is -0.494 e. The van der Waals surface area contributed by atoms with E-state index in [4.69, 9.17) is 10.5 Å². The van der Waals surface area contributed by atoms with E-state index in [0.717, 1.165) is 23.4 Å². The van der Waals surface area contributed by atoms with Crippen molar-refractivity contribution in [2.45, 2.75) is 39.5 Å². The van der Waals surface area contributed by atoms with Crippen molar-refractivity contribution >= 4 is 17.3 Å². The number of carbonyl (C=O) groups is 1. The van der Waals surface area contributed by atoms with Crippen LogP contribution in [0.4, 0.5) is 11.4 Å². The van der Waals surface area contributed by atoms with Gasteiger partial charge in [-0.3, -0.25) is 4.79 Å². The molecule has 2 aromatic carbocycles. The monoisotopic (exact) mass is 326 g/mol. The lowest BCUT2D eigenvalue weighted by atomic mass is 10.1. The Labute approximate surface area is 144 Å². The second-order valence-corrected chi connectivity index (χ2v) is 5.96. The number of unbranched alkanes of at least 4 members (excludes halogenated alkanes) is 3. The summed E-state index contributed by atoms with van der Waals surface area (Å²) in [6.45, 7) is 4.84. The lowest BCUT2D eigenvalue weighted by Gasteiger charge is -2.10. The Morgan fingerprint density at radius 1 is 1.08 bits per heavy atom. The molecule has 4 nitrogen and oxygen atoms in total. The zero-order valence-electron chi connectivity index (χ0n) is 14.5. The van der Waals surface area contributed by atoms with Crippen LogP contribution in [-0.4, -0.2) is 12.5 Å². The molecule has 0 spiro atoms. The van der Waals surface area contributed by atoms with Crippen molar-refractivity contribution in [3.63, 3.8) is 0 Å². The third-order valence-corrected chi connectivity index (χ3v) is 3.89. The Morgan fingerprint density at radius 2 is 1.83 bits per heavy atom. The van der Waals surface area contributed by atoms with Crippen LogP contribution in [0.2, 0.25) is 0 Å². The predicted octanol–water partition coefficient (Wildman–Crippen LogP) is 4.79. The van der Waals surface area contributed by atoms with E-state index in [9.17, 15) is 4.79 Å². The number of hydrogen-bond donors (Lipinski definition) is 2. The number of anilines is 2. The van der Waals surface area contributed by atoms with E-state index in [1.165, 1.54) is 19.3 Å². The van der Waals surface area contributed by atoms with E-state index >= 15 is 0 Å². The minimum atomic E-state index is -0.154. The molecule has 0 heterocycles. The molecule has 3 N–H and O–H groups in total. The molecular formula is C20H26N2O2. The van der Waals surface area contributed by atoms with Crippen molar-refractivity contribution in [2.75, 3.05) is 17.7 Å². The van der Waals surface area contributed by atoms with Gasteiger partial charge in [0.15, 0.2) is 0 Å². The molecular weight excluding hydrogens is 300 g/mol. The average molecular weight is 326 g/mol. The summed E-state index contributed by atoms with van der Waals surface area (Å²) < 4.78 is 5.69. The zero-order chi connectivity index (χ0) is 17.4. The number of carbonyl (C=O) groups excluding carboxylic acids is 1. The van der Waals surface area contributed by atoms with E-state index in [2.05, 4.69) is 12.2 Å². The van der Waals surface area contributed by atoms with Gasteiger partial charge in [-0.15, -0.1) is 0 Å². The van der Waals surface area contributed by atoms with E-state index < -0.39 is 0 Å². The molecule has 2 rings (SSSR count). The van der Waals surface area contributed by atoms with Gasteiger partial charge in [0.05, 0.1) is 6.61 Å². The highest BCUT2D eigenvalue weighted by atomic mass is 16.5. The Hall–Kier alpha value is -2.49. The summed E-state index contributed by atoms with van der Waals surface area (Å²) in [6.07, 6.45) is 4.71. The minimum absolute atomic E-state index is 0.154. The first-order valence-corrected chi connectivity index (χ1v) is 8.50. The molecule has 1 amide bonds.